The molecule has 100 valence electrons. The number of anilines is 1. The van der Waals surface area contributed by atoms with Gasteiger partial charge in [0.25, 0.3) is 5.91 Å². The summed E-state index contributed by atoms with van der Waals surface area (Å²) in [5.74, 6) is 0.723. The van der Waals surface area contributed by atoms with Crippen LogP contribution in [0, 0.1) is 5.92 Å². The van der Waals surface area contributed by atoms with Gasteiger partial charge in [-0.15, -0.1) is 11.3 Å². The fraction of sp³-hybridized carbons (Fsp3) is 0.462. The van der Waals surface area contributed by atoms with Crippen LogP contribution in [0.5, 0.6) is 0 Å². The Morgan fingerprint density at radius 1 is 1.37 bits per heavy atom. The number of aromatic nitrogens is 2. The van der Waals surface area contributed by atoms with E-state index in [-0.39, 0.29) is 5.91 Å². The smallest absolute Gasteiger partial charge is 0.266 e. The number of nitrogen functional groups attached to an aromatic ring is 1. The largest absolute Gasteiger partial charge is 0.396 e. The van der Waals surface area contributed by atoms with E-state index >= 15 is 0 Å². The minimum absolute atomic E-state index is 0.0224. The second-order valence-corrected chi connectivity index (χ2v) is 6.03. The van der Waals surface area contributed by atoms with E-state index in [1.807, 2.05) is 4.90 Å². The van der Waals surface area contributed by atoms with Gasteiger partial charge in [-0.1, -0.05) is 6.92 Å². The van der Waals surface area contributed by atoms with Crippen LogP contribution in [-0.2, 0) is 0 Å². The van der Waals surface area contributed by atoms with Crippen molar-refractivity contribution < 1.29 is 4.79 Å². The van der Waals surface area contributed by atoms with Gasteiger partial charge in [0.1, 0.15) is 15.2 Å². The van der Waals surface area contributed by atoms with Crippen molar-refractivity contribution in [1.29, 1.82) is 0 Å². The average molecular weight is 276 g/mol. The van der Waals surface area contributed by atoms with Gasteiger partial charge >= 0.3 is 0 Å². The number of piperidine rings is 1. The predicted molar refractivity (Wildman–Crippen MR) is 76.1 cm³/mol. The van der Waals surface area contributed by atoms with E-state index in [9.17, 15) is 4.79 Å². The Morgan fingerprint density at radius 3 is 2.74 bits per heavy atom. The van der Waals surface area contributed by atoms with Gasteiger partial charge in [0.2, 0.25) is 0 Å². The first-order valence-electron chi connectivity index (χ1n) is 6.45. The first kappa shape index (κ1) is 12.3. The lowest BCUT2D eigenvalue weighted by Gasteiger charge is -2.30. The molecular formula is C13H16N4OS. The number of nitrogens with two attached hydrogens (primary N) is 1. The molecule has 1 amide bonds. The minimum atomic E-state index is 0.0224. The molecule has 0 spiro atoms. The Balaban J connectivity index is 1.91. The number of hydrogen-bond donors (Lipinski definition) is 1. The maximum atomic E-state index is 12.5. The maximum Gasteiger partial charge on any atom is 0.266 e. The molecule has 1 aliphatic heterocycles. The number of fused-ring (bicyclic) bond motifs is 1. The van der Waals surface area contributed by atoms with Gasteiger partial charge in [0, 0.05) is 25.5 Å². The van der Waals surface area contributed by atoms with Crippen LogP contribution in [0.4, 0.5) is 5.69 Å². The monoisotopic (exact) mass is 276 g/mol. The summed E-state index contributed by atoms with van der Waals surface area (Å²) in [4.78, 5) is 24.1. The third-order valence-corrected chi connectivity index (χ3v) is 4.72. The zero-order chi connectivity index (χ0) is 13.4. The third kappa shape index (κ3) is 2.16. The molecule has 0 saturated carbocycles. The van der Waals surface area contributed by atoms with E-state index < -0.39 is 0 Å². The van der Waals surface area contributed by atoms with Gasteiger partial charge in [-0.05, 0) is 18.8 Å². The average Bonchev–Trinajstić information content (AvgIpc) is 2.77. The first-order valence-corrected chi connectivity index (χ1v) is 7.26. The normalized spacial score (nSPS) is 17.0. The Bertz CT molecular complexity index is 616. The molecule has 0 atom stereocenters. The van der Waals surface area contributed by atoms with Crippen molar-refractivity contribution in [2.45, 2.75) is 19.8 Å². The Hall–Kier alpha value is -1.69. The van der Waals surface area contributed by atoms with E-state index in [2.05, 4.69) is 16.9 Å². The highest BCUT2D eigenvalue weighted by molar-refractivity contribution is 7.21. The fourth-order valence-corrected chi connectivity index (χ4v) is 3.35. The molecule has 0 aromatic carbocycles. The van der Waals surface area contributed by atoms with Crippen molar-refractivity contribution in [2.24, 2.45) is 5.92 Å². The van der Waals surface area contributed by atoms with Crippen molar-refractivity contribution in [3.8, 4) is 0 Å². The molecule has 3 rings (SSSR count). The van der Waals surface area contributed by atoms with Crippen molar-refractivity contribution in [3.05, 3.63) is 17.3 Å². The van der Waals surface area contributed by atoms with Crippen LogP contribution in [-0.4, -0.2) is 33.9 Å². The van der Waals surface area contributed by atoms with E-state index in [1.165, 1.54) is 11.3 Å². The molecule has 2 aromatic heterocycles. The molecule has 0 aliphatic carbocycles. The van der Waals surface area contributed by atoms with Crippen molar-refractivity contribution in [2.75, 3.05) is 18.8 Å². The molecule has 3 heterocycles. The summed E-state index contributed by atoms with van der Waals surface area (Å²) >= 11 is 1.34. The minimum Gasteiger partial charge on any atom is -0.396 e. The number of carbonyl (C=O) groups excluding carboxylic acids is 1. The van der Waals surface area contributed by atoms with E-state index in [4.69, 9.17) is 5.73 Å². The summed E-state index contributed by atoms with van der Waals surface area (Å²) in [6.45, 7) is 3.85. The van der Waals surface area contributed by atoms with Crippen LogP contribution in [0.3, 0.4) is 0 Å². The molecule has 1 fully saturated rings. The Morgan fingerprint density at radius 2 is 2.05 bits per heavy atom. The zero-order valence-electron chi connectivity index (χ0n) is 10.8. The number of thiophene rings is 1. The molecular weight excluding hydrogens is 260 g/mol. The Kier molecular flexibility index (Phi) is 3.10. The number of likely N-dealkylation sites (tertiary alicyclic amines) is 1. The fourth-order valence-electron chi connectivity index (χ4n) is 2.36. The maximum absolute atomic E-state index is 12.5. The van der Waals surface area contributed by atoms with Gasteiger partial charge < -0.3 is 10.6 Å². The lowest BCUT2D eigenvalue weighted by Crippen LogP contribution is -2.37. The van der Waals surface area contributed by atoms with Crippen LogP contribution < -0.4 is 5.73 Å². The van der Waals surface area contributed by atoms with Gasteiger partial charge in [-0.3, -0.25) is 4.79 Å². The SMILES string of the molecule is CC1CCN(C(=O)c2sc3nccnc3c2N)CC1. The molecule has 19 heavy (non-hydrogen) atoms. The van der Waals surface area contributed by atoms with Crippen LogP contribution in [0.25, 0.3) is 10.3 Å². The van der Waals surface area contributed by atoms with Gasteiger partial charge in [-0.25, -0.2) is 9.97 Å². The topological polar surface area (TPSA) is 72.1 Å². The standard InChI is InChI=1S/C13H16N4OS/c1-8-2-6-17(7-3-8)13(18)11-9(14)10-12(19-11)16-5-4-15-10/h4-5,8H,2-3,6-7,14H2,1H3. The van der Waals surface area contributed by atoms with Crippen LogP contribution in [0.2, 0.25) is 0 Å². The molecule has 0 bridgehead atoms. The van der Waals surface area contributed by atoms with Gasteiger partial charge in [-0.2, -0.15) is 0 Å². The number of rotatable bonds is 1. The summed E-state index contributed by atoms with van der Waals surface area (Å²) in [5.41, 5.74) is 7.14. The second kappa shape index (κ2) is 4.77. The van der Waals surface area contributed by atoms with Crippen LogP contribution in [0.15, 0.2) is 12.4 Å². The van der Waals surface area contributed by atoms with Crippen LogP contribution in [0.1, 0.15) is 29.4 Å². The molecule has 2 aromatic rings. The first-order chi connectivity index (χ1) is 9.16. The summed E-state index contributed by atoms with van der Waals surface area (Å²) < 4.78 is 0. The lowest BCUT2D eigenvalue weighted by molar-refractivity contribution is 0.0703. The third-order valence-electron chi connectivity index (χ3n) is 3.63. The highest BCUT2D eigenvalue weighted by Crippen LogP contribution is 2.32. The van der Waals surface area contributed by atoms with Crippen molar-refractivity contribution in [3.63, 3.8) is 0 Å². The summed E-state index contributed by atoms with van der Waals surface area (Å²) in [7, 11) is 0. The number of nitrogens with zero attached hydrogens (tertiary/aromatic N) is 3. The van der Waals surface area contributed by atoms with E-state index in [0.717, 1.165) is 30.8 Å². The van der Waals surface area contributed by atoms with Gasteiger partial charge in [0.15, 0.2) is 0 Å². The molecule has 0 unspecified atom stereocenters. The summed E-state index contributed by atoms with van der Waals surface area (Å²) in [5, 5.41) is 0. The number of amides is 1. The second-order valence-electron chi connectivity index (χ2n) is 5.03. The molecule has 6 heteroatoms. The van der Waals surface area contributed by atoms with E-state index in [1.54, 1.807) is 12.4 Å². The molecule has 5 nitrogen and oxygen atoms in total. The molecule has 1 aliphatic rings. The highest BCUT2D eigenvalue weighted by Gasteiger charge is 2.25. The van der Waals surface area contributed by atoms with Gasteiger partial charge in [0.05, 0.1) is 5.69 Å². The van der Waals surface area contributed by atoms with Crippen molar-refractivity contribution >= 4 is 33.3 Å². The predicted octanol–water partition coefficient (Wildman–Crippen LogP) is 2.15. The van der Waals surface area contributed by atoms with Crippen LogP contribution >= 0.6 is 11.3 Å². The highest BCUT2D eigenvalue weighted by atomic mass is 32.1. The zero-order valence-corrected chi connectivity index (χ0v) is 11.6. The summed E-state index contributed by atoms with van der Waals surface area (Å²) in [6, 6.07) is 0. The van der Waals surface area contributed by atoms with E-state index in [0.29, 0.717) is 22.0 Å². The number of carbonyl (C=O) groups is 1. The molecule has 1 saturated heterocycles. The lowest BCUT2D eigenvalue weighted by atomic mass is 9.99. The summed E-state index contributed by atoms with van der Waals surface area (Å²) in [6.07, 6.45) is 5.34. The molecule has 0 radical (unpaired) electrons. The Labute approximate surface area is 115 Å². The van der Waals surface area contributed by atoms with Crippen molar-refractivity contribution in [1.82, 2.24) is 14.9 Å². The molecule has 2 N–H and O–H groups in total. The quantitative estimate of drug-likeness (QED) is 0.866. The number of hydrogen-bond acceptors (Lipinski definition) is 5.